The van der Waals surface area contributed by atoms with Gasteiger partial charge >= 0.3 is 10.3 Å². The fourth-order valence-electron chi connectivity index (χ4n) is 3.11. The third-order valence-electron chi connectivity index (χ3n) is 3.70. The maximum Gasteiger partial charge on any atom is 0.333 e. The zero-order valence-electron chi connectivity index (χ0n) is 13.9. The molecule has 0 aromatic heterocycles. The van der Waals surface area contributed by atoms with Crippen molar-refractivity contribution in [3.8, 4) is 0 Å². The topological polar surface area (TPSA) is 116 Å². The highest BCUT2D eigenvalue weighted by molar-refractivity contribution is 7.84. The summed E-state index contributed by atoms with van der Waals surface area (Å²) < 4.78 is 55.9. The van der Waals surface area contributed by atoms with Gasteiger partial charge in [0.1, 0.15) is 24.9 Å². The summed E-state index contributed by atoms with van der Waals surface area (Å²) in [5.74, 6) is -3.19. The van der Waals surface area contributed by atoms with Gasteiger partial charge in [0.15, 0.2) is 11.6 Å². The Balaban J connectivity index is 0.00000144. The molecule has 0 amide bonds. The SMILES string of the molecule is CC1(C)O[C@H]2[C@H]3OC(C)(C)O[C@]3(COS(N)(=O)=O)OC[C@H]2O1.S.S. The largest absolute Gasteiger partial charge is 0.343 e. The molecule has 3 fully saturated rings. The molecule has 0 aromatic carbocycles. The smallest absolute Gasteiger partial charge is 0.333 e. The molecule has 12 heteroatoms. The lowest BCUT2D eigenvalue weighted by Gasteiger charge is -2.40. The first-order valence-corrected chi connectivity index (χ1v) is 8.43. The monoisotopic (exact) mass is 407 g/mol. The standard InChI is InChI=1S/C12H21NO8S.2H2S/c1-10(2)18-7-5-16-12(6-17-22(13,14)15)9(8(7)19-10)20-11(3,4)21-12;;/h7-9H,5-6H2,1-4H3,(H2,13,14,15);2*1H2/t7-,8-,9-,12+;;/m1../s1. The summed E-state index contributed by atoms with van der Waals surface area (Å²) in [5.41, 5.74) is 0. The number of ether oxygens (including phenoxy) is 5. The summed E-state index contributed by atoms with van der Waals surface area (Å²) in [5, 5.41) is 4.89. The molecular weight excluding hydrogens is 382 g/mol. The van der Waals surface area contributed by atoms with Crippen LogP contribution in [0.3, 0.4) is 0 Å². The Kier molecular flexibility index (Phi) is 6.38. The van der Waals surface area contributed by atoms with E-state index in [4.69, 9.17) is 33.0 Å². The molecule has 144 valence electrons. The summed E-state index contributed by atoms with van der Waals surface area (Å²) in [7, 11) is -4.14. The number of hydrogen-bond acceptors (Lipinski definition) is 8. The fourth-order valence-corrected chi connectivity index (χ4v) is 3.44. The normalized spacial score (nSPS) is 39.3. The van der Waals surface area contributed by atoms with Gasteiger partial charge in [0.2, 0.25) is 5.79 Å². The van der Waals surface area contributed by atoms with Gasteiger partial charge in [-0.2, -0.15) is 35.4 Å². The van der Waals surface area contributed by atoms with E-state index in [2.05, 4.69) is 0 Å². The van der Waals surface area contributed by atoms with Crippen LogP contribution in [-0.4, -0.2) is 57.3 Å². The van der Waals surface area contributed by atoms with Crippen LogP contribution < -0.4 is 5.14 Å². The van der Waals surface area contributed by atoms with Gasteiger partial charge in [-0.05, 0) is 27.7 Å². The van der Waals surface area contributed by atoms with Crippen LogP contribution in [-0.2, 0) is 38.2 Å². The molecule has 0 saturated carbocycles. The number of rotatable bonds is 3. The molecule has 0 radical (unpaired) electrons. The highest BCUT2D eigenvalue weighted by atomic mass is 32.2. The highest BCUT2D eigenvalue weighted by Crippen LogP contribution is 2.47. The van der Waals surface area contributed by atoms with E-state index in [1.54, 1.807) is 27.7 Å². The van der Waals surface area contributed by atoms with Crippen molar-refractivity contribution >= 4 is 37.3 Å². The molecule has 9 nitrogen and oxygen atoms in total. The number of fused-ring (bicyclic) bond motifs is 3. The maximum absolute atomic E-state index is 11.1. The van der Waals surface area contributed by atoms with Gasteiger partial charge in [-0.3, -0.25) is 4.18 Å². The van der Waals surface area contributed by atoms with E-state index in [0.29, 0.717) is 0 Å². The van der Waals surface area contributed by atoms with Crippen molar-refractivity contribution in [2.45, 2.75) is 63.4 Å². The zero-order chi connectivity index (χ0) is 16.4. The van der Waals surface area contributed by atoms with Crippen molar-refractivity contribution in [2.75, 3.05) is 13.2 Å². The average molecular weight is 408 g/mol. The second-order valence-corrected chi connectivity index (χ2v) is 7.78. The van der Waals surface area contributed by atoms with Gasteiger partial charge in [0.05, 0.1) is 6.61 Å². The molecular formula is C12H25NO8S3. The quantitative estimate of drug-likeness (QED) is 0.686. The molecule has 3 saturated heterocycles. The summed E-state index contributed by atoms with van der Waals surface area (Å²) in [6, 6.07) is 0. The molecule has 0 unspecified atom stereocenters. The van der Waals surface area contributed by atoms with Crippen LogP contribution in [0, 0.1) is 0 Å². The predicted octanol–water partition coefficient (Wildman–Crippen LogP) is -0.170. The Bertz CT molecular complexity index is 569. The summed E-state index contributed by atoms with van der Waals surface area (Å²) >= 11 is 0. The van der Waals surface area contributed by atoms with Crippen molar-refractivity contribution < 1.29 is 36.3 Å². The van der Waals surface area contributed by atoms with Crippen LogP contribution in [0.25, 0.3) is 0 Å². The molecule has 3 aliphatic rings. The summed E-state index contributed by atoms with van der Waals surface area (Å²) in [6.07, 6.45) is -1.50. The first-order valence-electron chi connectivity index (χ1n) is 6.96. The predicted molar refractivity (Wildman–Crippen MR) is 92.4 cm³/mol. The van der Waals surface area contributed by atoms with E-state index < -0.39 is 46.5 Å². The van der Waals surface area contributed by atoms with Crippen LogP contribution in [0.2, 0.25) is 0 Å². The summed E-state index contributed by atoms with van der Waals surface area (Å²) in [4.78, 5) is 0. The van der Waals surface area contributed by atoms with Crippen molar-refractivity contribution in [1.82, 2.24) is 0 Å². The molecule has 0 aliphatic carbocycles. The first kappa shape index (κ1) is 22.4. The lowest BCUT2D eigenvalue weighted by Crippen LogP contribution is -2.60. The van der Waals surface area contributed by atoms with Gasteiger partial charge in [0, 0.05) is 0 Å². The number of hydrogen-bond donors (Lipinski definition) is 1. The van der Waals surface area contributed by atoms with Crippen LogP contribution >= 0.6 is 27.0 Å². The Morgan fingerprint density at radius 2 is 1.71 bits per heavy atom. The summed E-state index contributed by atoms with van der Waals surface area (Å²) in [6.45, 7) is 6.71. The molecule has 0 bridgehead atoms. The Morgan fingerprint density at radius 1 is 1.08 bits per heavy atom. The van der Waals surface area contributed by atoms with Crippen LogP contribution in [0.5, 0.6) is 0 Å². The second kappa shape index (κ2) is 6.83. The third-order valence-corrected chi connectivity index (χ3v) is 4.15. The van der Waals surface area contributed by atoms with Gasteiger partial charge < -0.3 is 23.7 Å². The van der Waals surface area contributed by atoms with Gasteiger partial charge in [-0.1, -0.05) is 0 Å². The molecule has 3 heterocycles. The van der Waals surface area contributed by atoms with E-state index in [9.17, 15) is 8.42 Å². The fraction of sp³-hybridized carbons (Fsp3) is 1.00. The minimum Gasteiger partial charge on any atom is -0.343 e. The minimum absolute atomic E-state index is 0. The molecule has 2 N–H and O–H groups in total. The molecule has 0 aromatic rings. The lowest BCUT2D eigenvalue weighted by molar-refractivity contribution is -0.290. The maximum atomic E-state index is 11.1. The van der Waals surface area contributed by atoms with E-state index in [1.165, 1.54) is 0 Å². The van der Waals surface area contributed by atoms with E-state index in [0.717, 1.165) is 0 Å². The molecule has 3 aliphatic heterocycles. The molecule has 3 rings (SSSR count). The van der Waals surface area contributed by atoms with Crippen molar-refractivity contribution in [2.24, 2.45) is 5.14 Å². The minimum atomic E-state index is -4.14. The van der Waals surface area contributed by atoms with Gasteiger partial charge in [-0.15, -0.1) is 0 Å². The first-order chi connectivity index (χ1) is 9.92. The highest BCUT2D eigenvalue weighted by Gasteiger charge is 2.65. The second-order valence-electron chi connectivity index (χ2n) is 6.56. The average Bonchev–Trinajstić information content (AvgIpc) is 2.78. The van der Waals surface area contributed by atoms with Crippen LogP contribution in [0.1, 0.15) is 27.7 Å². The van der Waals surface area contributed by atoms with Crippen molar-refractivity contribution in [1.29, 1.82) is 0 Å². The zero-order valence-corrected chi connectivity index (χ0v) is 16.7. The Hall–Kier alpha value is 0.370. The van der Waals surface area contributed by atoms with Gasteiger partial charge in [0.25, 0.3) is 0 Å². The van der Waals surface area contributed by atoms with Crippen molar-refractivity contribution in [3.05, 3.63) is 0 Å². The third kappa shape index (κ3) is 4.37. The van der Waals surface area contributed by atoms with Crippen molar-refractivity contribution in [3.63, 3.8) is 0 Å². The van der Waals surface area contributed by atoms with Crippen LogP contribution in [0.15, 0.2) is 0 Å². The van der Waals surface area contributed by atoms with E-state index >= 15 is 0 Å². The van der Waals surface area contributed by atoms with Gasteiger partial charge in [-0.25, -0.2) is 5.14 Å². The van der Waals surface area contributed by atoms with E-state index in [1.807, 2.05) is 0 Å². The molecule has 0 spiro atoms. The lowest BCUT2D eigenvalue weighted by atomic mass is 9.98. The molecule has 24 heavy (non-hydrogen) atoms. The Morgan fingerprint density at radius 3 is 2.29 bits per heavy atom. The van der Waals surface area contributed by atoms with E-state index in [-0.39, 0.29) is 39.7 Å². The number of nitrogens with two attached hydrogens (primary N) is 1. The Labute approximate surface area is 155 Å². The van der Waals surface area contributed by atoms with Crippen LogP contribution in [0.4, 0.5) is 0 Å². The molecule has 4 atom stereocenters.